The molecule has 0 radical (unpaired) electrons. The first-order chi connectivity index (χ1) is 7.02. The molecule has 0 spiro atoms. The number of aliphatic carboxylic acids is 1. The van der Waals surface area contributed by atoms with Crippen LogP contribution in [0.4, 0.5) is 0 Å². The van der Waals surface area contributed by atoms with E-state index in [9.17, 15) is 15.0 Å². The Balaban J connectivity index is 2.73. The van der Waals surface area contributed by atoms with Gasteiger partial charge < -0.3 is 10.2 Å². The molecular weight excluding hydrogens is 192 g/mol. The van der Waals surface area contributed by atoms with E-state index in [-0.39, 0.29) is 5.92 Å². The lowest BCUT2D eigenvalue weighted by atomic mass is 9.77. The van der Waals surface area contributed by atoms with Gasteiger partial charge in [-0.15, -0.1) is 0 Å². The SMILES string of the molecule is CCCCC(C(=O)O)C1(O)CCCC1C. The molecule has 3 nitrogen and oxygen atoms in total. The van der Waals surface area contributed by atoms with Crippen LogP contribution in [0.5, 0.6) is 0 Å². The molecular formula is C12H22O3. The summed E-state index contributed by atoms with van der Waals surface area (Å²) in [7, 11) is 0. The third kappa shape index (κ3) is 2.51. The zero-order chi connectivity index (χ0) is 11.5. The summed E-state index contributed by atoms with van der Waals surface area (Å²) >= 11 is 0. The Bertz CT molecular complexity index is 227. The molecule has 15 heavy (non-hydrogen) atoms. The van der Waals surface area contributed by atoms with Crippen LogP contribution in [0.15, 0.2) is 0 Å². The molecule has 1 aliphatic carbocycles. The summed E-state index contributed by atoms with van der Waals surface area (Å²) in [6, 6.07) is 0. The van der Waals surface area contributed by atoms with Gasteiger partial charge in [-0.3, -0.25) is 4.79 Å². The molecule has 3 unspecified atom stereocenters. The van der Waals surface area contributed by atoms with Crippen molar-refractivity contribution in [3.05, 3.63) is 0 Å². The molecule has 0 aliphatic heterocycles. The lowest BCUT2D eigenvalue weighted by Gasteiger charge is -2.33. The summed E-state index contributed by atoms with van der Waals surface area (Å²) in [5.74, 6) is -1.29. The number of carboxylic acids is 1. The van der Waals surface area contributed by atoms with Crippen molar-refractivity contribution in [2.45, 2.75) is 58.0 Å². The molecule has 0 aromatic carbocycles. The van der Waals surface area contributed by atoms with Crippen LogP contribution in [0, 0.1) is 11.8 Å². The van der Waals surface area contributed by atoms with E-state index in [4.69, 9.17) is 0 Å². The van der Waals surface area contributed by atoms with E-state index >= 15 is 0 Å². The smallest absolute Gasteiger partial charge is 0.309 e. The van der Waals surface area contributed by atoms with Gasteiger partial charge in [0.25, 0.3) is 0 Å². The fourth-order valence-corrected chi connectivity index (χ4v) is 2.70. The number of rotatable bonds is 5. The lowest BCUT2D eigenvalue weighted by molar-refractivity contribution is -0.155. The van der Waals surface area contributed by atoms with Crippen LogP contribution in [-0.2, 0) is 4.79 Å². The topological polar surface area (TPSA) is 57.5 Å². The third-order valence-electron chi connectivity index (χ3n) is 3.82. The Morgan fingerprint density at radius 2 is 2.27 bits per heavy atom. The monoisotopic (exact) mass is 214 g/mol. The highest BCUT2D eigenvalue weighted by molar-refractivity contribution is 5.71. The van der Waals surface area contributed by atoms with Gasteiger partial charge in [-0.1, -0.05) is 33.1 Å². The maximum atomic E-state index is 11.2. The molecule has 2 N–H and O–H groups in total. The van der Waals surface area contributed by atoms with E-state index in [0.29, 0.717) is 12.8 Å². The van der Waals surface area contributed by atoms with Crippen molar-refractivity contribution in [1.29, 1.82) is 0 Å². The Labute approximate surface area is 91.5 Å². The van der Waals surface area contributed by atoms with Crippen LogP contribution >= 0.6 is 0 Å². The average Bonchev–Trinajstić information content (AvgIpc) is 2.48. The minimum absolute atomic E-state index is 0.121. The molecule has 0 bridgehead atoms. The van der Waals surface area contributed by atoms with Gasteiger partial charge in [0, 0.05) is 0 Å². The van der Waals surface area contributed by atoms with Gasteiger partial charge in [0.1, 0.15) is 0 Å². The zero-order valence-electron chi connectivity index (χ0n) is 9.70. The molecule has 0 saturated heterocycles. The summed E-state index contributed by atoms with van der Waals surface area (Å²) in [5, 5.41) is 19.6. The molecule has 88 valence electrons. The summed E-state index contributed by atoms with van der Waals surface area (Å²) in [5.41, 5.74) is -0.957. The Kier molecular flexibility index (Phi) is 4.14. The van der Waals surface area contributed by atoms with E-state index in [1.165, 1.54) is 0 Å². The summed E-state index contributed by atoms with van der Waals surface area (Å²) < 4.78 is 0. The number of unbranched alkanes of at least 4 members (excludes halogenated alkanes) is 1. The Morgan fingerprint density at radius 1 is 1.60 bits per heavy atom. The lowest BCUT2D eigenvalue weighted by Crippen LogP contribution is -2.44. The standard InChI is InChI=1S/C12H22O3/c1-3-4-7-10(11(13)14)12(15)8-5-6-9(12)2/h9-10,15H,3-8H2,1-2H3,(H,13,14). The van der Waals surface area contributed by atoms with Gasteiger partial charge in [0.15, 0.2) is 0 Å². The van der Waals surface area contributed by atoms with Crippen LogP contribution < -0.4 is 0 Å². The Morgan fingerprint density at radius 3 is 2.67 bits per heavy atom. The summed E-state index contributed by atoms with van der Waals surface area (Å²) in [6.45, 7) is 4.01. The van der Waals surface area contributed by atoms with E-state index in [2.05, 4.69) is 0 Å². The minimum Gasteiger partial charge on any atom is -0.481 e. The van der Waals surface area contributed by atoms with Crippen LogP contribution in [0.1, 0.15) is 52.4 Å². The zero-order valence-corrected chi connectivity index (χ0v) is 9.70. The van der Waals surface area contributed by atoms with Gasteiger partial charge >= 0.3 is 5.97 Å². The largest absolute Gasteiger partial charge is 0.481 e. The number of hydrogen-bond donors (Lipinski definition) is 2. The van der Waals surface area contributed by atoms with Crippen molar-refractivity contribution in [3.8, 4) is 0 Å². The second kappa shape index (κ2) is 4.97. The van der Waals surface area contributed by atoms with Gasteiger partial charge in [0.05, 0.1) is 11.5 Å². The molecule has 0 amide bonds. The predicted octanol–water partition coefficient (Wildman–Crippen LogP) is 2.43. The number of hydrogen-bond acceptors (Lipinski definition) is 2. The van der Waals surface area contributed by atoms with E-state index in [0.717, 1.165) is 25.7 Å². The number of carboxylic acid groups (broad SMARTS) is 1. The third-order valence-corrected chi connectivity index (χ3v) is 3.82. The van der Waals surface area contributed by atoms with Crippen molar-refractivity contribution in [1.82, 2.24) is 0 Å². The first kappa shape index (κ1) is 12.5. The van der Waals surface area contributed by atoms with Gasteiger partial charge in [0.2, 0.25) is 0 Å². The first-order valence-electron chi connectivity index (χ1n) is 5.97. The normalized spacial score (nSPS) is 32.9. The Hall–Kier alpha value is -0.570. The van der Waals surface area contributed by atoms with Crippen molar-refractivity contribution < 1.29 is 15.0 Å². The fraction of sp³-hybridized carbons (Fsp3) is 0.917. The minimum atomic E-state index is -0.957. The maximum absolute atomic E-state index is 11.2. The molecule has 0 heterocycles. The molecule has 1 fully saturated rings. The molecule has 0 aromatic heterocycles. The van der Waals surface area contributed by atoms with Crippen molar-refractivity contribution in [3.63, 3.8) is 0 Å². The summed E-state index contributed by atoms with van der Waals surface area (Å²) in [6.07, 6.45) is 5.02. The highest BCUT2D eigenvalue weighted by Crippen LogP contribution is 2.42. The second-order valence-corrected chi connectivity index (χ2v) is 4.82. The van der Waals surface area contributed by atoms with Crippen molar-refractivity contribution >= 4 is 5.97 Å². The van der Waals surface area contributed by atoms with Gasteiger partial charge in [-0.2, -0.15) is 0 Å². The van der Waals surface area contributed by atoms with Crippen LogP contribution in [0.25, 0.3) is 0 Å². The number of aliphatic hydroxyl groups is 1. The molecule has 3 atom stereocenters. The van der Waals surface area contributed by atoms with Gasteiger partial charge in [-0.05, 0) is 25.2 Å². The van der Waals surface area contributed by atoms with E-state index in [1.54, 1.807) is 0 Å². The van der Waals surface area contributed by atoms with Crippen LogP contribution in [-0.4, -0.2) is 21.8 Å². The summed E-state index contributed by atoms with van der Waals surface area (Å²) in [4.78, 5) is 11.2. The molecule has 1 saturated carbocycles. The predicted molar refractivity (Wildman–Crippen MR) is 58.6 cm³/mol. The maximum Gasteiger partial charge on any atom is 0.309 e. The highest BCUT2D eigenvalue weighted by Gasteiger charge is 2.47. The van der Waals surface area contributed by atoms with Crippen molar-refractivity contribution in [2.75, 3.05) is 0 Å². The quantitative estimate of drug-likeness (QED) is 0.739. The molecule has 1 aliphatic rings. The average molecular weight is 214 g/mol. The first-order valence-corrected chi connectivity index (χ1v) is 5.97. The molecule has 0 aromatic rings. The van der Waals surface area contributed by atoms with Crippen LogP contribution in [0.3, 0.4) is 0 Å². The number of carbonyl (C=O) groups is 1. The fourth-order valence-electron chi connectivity index (χ4n) is 2.70. The van der Waals surface area contributed by atoms with E-state index < -0.39 is 17.5 Å². The van der Waals surface area contributed by atoms with Crippen molar-refractivity contribution in [2.24, 2.45) is 11.8 Å². The molecule has 3 heteroatoms. The highest BCUT2D eigenvalue weighted by atomic mass is 16.4. The molecule has 1 rings (SSSR count). The van der Waals surface area contributed by atoms with Gasteiger partial charge in [-0.25, -0.2) is 0 Å². The van der Waals surface area contributed by atoms with E-state index in [1.807, 2.05) is 13.8 Å². The second-order valence-electron chi connectivity index (χ2n) is 4.82. The van der Waals surface area contributed by atoms with Crippen LogP contribution in [0.2, 0.25) is 0 Å².